The molecule has 1 aliphatic heterocycles. The number of amides is 2. The third-order valence-electron chi connectivity index (χ3n) is 5.97. The number of benzene rings is 1. The number of hydrogen-bond acceptors (Lipinski definition) is 3. The van der Waals surface area contributed by atoms with Gasteiger partial charge in [-0.3, -0.25) is 0 Å². The van der Waals surface area contributed by atoms with E-state index in [1.54, 1.807) is 7.11 Å². The Balaban J connectivity index is 1.45. The molecule has 1 aromatic rings. The van der Waals surface area contributed by atoms with Gasteiger partial charge in [-0.1, -0.05) is 43.5 Å². The number of nitrogens with one attached hydrogen (secondary N) is 1. The Bertz CT molecular complexity index is 587. The van der Waals surface area contributed by atoms with Crippen molar-refractivity contribution in [1.29, 1.82) is 0 Å². The zero-order valence-corrected chi connectivity index (χ0v) is 16.8. The molecule has 1 aliphatic carbocycles. The molecule has 27 heavy (non-hydrogen) atoms. The maximum absolute atomic E-state index is 12.7. The first-order chi connectivity index (χ1) is 13.3. The summed E-state index contributed by atoms with van der Waals surface area (Å²) in [4.78, 5) is 17.2. The van der Waals surface area contributed by atoms with Crippen molar-refractivity contribution in [2.75, 3.05) is 39.8 Å². The summed E-state index contributed by atoms with van der Waals surface area (Å²) >= 11 is 0. The first kappa shape index (κ1) is 20.2. The molecule has 0 atom stereocenters. The van der Waals surface area contributed by atoms with Gasteiger partial charge in [-0.2, -0.15) is 0 Å². The number of ether oxygens (including phenoxy) is 1. The van der Waals surface area contributed by atoms with E-state index in [1.807, 2.05) is 17.0 Å². The van der Waals surface area contributed by atoms with Crippen LogP contribution in [0.3, 0.4) is 0 Å². The number of urea groups is 1. The SMILES string of the molecule is COCc1ccccc1CNC(=O)N1CCCN(CC2CCCCC2)CC1. The van der Waals surface area contributed by atoms with Crippen LogP contribution in [0.2, 0.25) is 0 Å². The largest absolute Gasteiger partial charge is 0.380 e. The second-order valence-electron chi connectivity index (χ2n) is 8.01. The highest BCUT2D eigenvalue weighted by molar-refractivity contribution is 5.74. The highest BCUT2D eigenvalue weighted by Crippen LogP contribution is 2.24. The van der Waals surface area contributed by atoms with E-state index in [1.165, 1.54) is 38.6 Å². The molecule has 5 nitrogen and oxygen atoms in total. The molecule has 2 aliphatic rings. The van der Waals surface area contributed by atoms with Crippen LogP contribution in [0, 0.1) is 5.92 Å². The topological polar surface area (TPSA) is 44.8 Å². The first-order valence-electron chi connectivity index (χ1n) is 10.6. The van der Waals surface area contributed by atoms with Gasteiger partial charge in [0.1, 0.15) is 0 Å². The van der Waals surface area contributed by atoms with E-state index in [4.69, 9.17) is 4.74 Å². The molecule has 2 fully saturated rings. The Hall–Kier alpha value is -1.59. The molecule has 0 spiro atoms. The van der Waals surface area contributed by atoms with Crippen molar-refractivity contribution in [3.8, 4) is 0 Å². The number of hydrogen-bond donors (Lipinski definition) is 1. The molecule has 1 saturated heterocycles. The van der Waals surface area contributed by atoms with Crippen LogP contribution in [0.5, 0.6) is 0 Å². The zero-order chi connectivity index (χ0) is 18.9. The quantitative estimate of drug-likeness (QED) is 0.828. The van der Waals surface area contributed by atoms with E-state index in [-0.39, 0.29) is 6.03 Å². The van der Waals surface area contributed by atoms with Gasteiger partial charge in [0, 0.05) is 39.8 Å². The minimum Gasteiger partial charge on any atom is -0.380 e. The summed E-state index contributed by atoms with van der Waals surface area (Å²) in [6.45, 7) is 6.17. The molecular weight excluding hydrogens is 338 g/mol. The van der Waals surface area contributed by atoms with Crippen LogP contribution in [0.15, 0.2) is 24.3 Å². The van der Waals surface area contributed by atoms with Gasteiger partial charge in [-0.05, 0) is 42.9 Å². The van der Waals surface area contributed by atoms with Crippen LogP contribution >= 0.6 is 0 Å². The summed E-state index contributed by atoms with van der Waals surface area (Å²) < 4.78 is 5.25. The molecule has 0 unspecified atom stereocenters. The van der Waals surface area contributed by atoms with Crippen LogP contribution in [0.1, 0.15) is 49.7 Å². The van der Waals surface area contributed by atoms with Gasteiger partial charge in [0.2, 0.25) is 0 Å². The van der Waals surface area contributed by atoms with Crippen molar-refractivity contribution in [3.63, 3.8) is 0 Å². The summed E-state index contributed by atoms with van der Waals surface area (Å²) in [7, 11) is 1.70. The maximum atomic E-state index is 12.7. The van der Waals surface area contributed by atoms with E-state index < -0.39 is 0 Å². The Morgan fingerprint density at radius 2 is 1.81 bits per heavy atom. The molecule has 1 saturated carbocycles. The lowest BCUT2D eigenvalue weighted by Gasteiger charge is -2.28. The van der Waals surface area contributed by atoms with Crippen LogP contribution in [-0.4, -0.2) is 55.7 Å². The molecule has 150 valence electrons. The predicted octanol–water partition coefficient (Wildman–Crippen LogP) is 3.63. The van der Waals surface area contributed by atoms with Gasteiger partial charge in [0.15, 0.2) is 0 Å². The standard InChI is InChI=1S/C22H35N3O2/c1-27-18-21-11-6-5-10-20(21)16-23-22(26)25-13-7-12-24(14-15-25)17-19-8-3-2-4-9-19/h5-6,10-11,19H,2-4,7-9,12-18H2,1H3,(H,23,26). The van der Waals surface area contributed by atoms with Crippen LogP contribution in [-0.2, 0) is 17.9 Å². The summed E-state index contributed by atoms with van der Waals surface area (Å²) in [5, 5.41) is 3.10. The number of rotatable bonds is 6. The fourth-order valence-corrected chi connectivity index (χ4v) is 4.40. The molecular formula is C22H35N3O2. The number of carbonyl (C=O) groups excluding carboxylic acids is 1. The van der Waals surface area contributed by atoms with Crippen molar-refractivity contribution in [2.24, 2.45) is 5.92 Å². The lowest BCUT2D eigenvalue weighted by Crippen LogP contribution is -2.42. The molecule has 5 heteroatoms. The van der Waals surface area contributed by atoms with Gasteiger partial charge >= 0.3 is 6.03 Å². The second-order valence-corrected chi connectivity index (χ2v) is 8.01. The average molecular weight is 374 g/mol. The normalized spacial score (nSPS) is 19.7. The second kappa shape index (κ2) is 10.7. The summed E-state index contributed by atoms with van der Waals surface area (Å²) in [5.41, 5.74) is 2.26. The lowest BCUT2D eigenvalue weighted by molar-refractivity contribution is 0.183. The Kier molecular flexibility index (Phi) is 7.96. The molecule has 1 aromatic carbocycles. The number of methoxy groups -OCH3 is 1. The number of nitrogens with zero attached hydrogens (tertiary/aromatic N) is 2. The monoisotopic (exact) mass is 373 g/mol. The minimum atomic E-state index is 0.0572. The molecule has 0 radical (unpaired) electrons. The summed E-state index contributed by atoms with van der Waals surface area (Å²) in [6, 6.07) is 8.19. The molecule has 0 aromatic heterocycles. The predicted molar refractivity (Wildman–Crippen MR) is 109 cm³/mol. The molecule has 1 heterocycles. The average Bonchev–Trinajstić information content (AvgIpc) is 2.94. The van der Waals surface area contributed by atoms with E-state index in [2.05, 4.69) is 22.3 Å². The third kappa shape index (κ3) is 6.22. The Labute approximate surface area is 164 Å². The van der Waals surface area contributed by atoms with Crippen molar-refractivity contribution in [2.45, 2.75) is 51.7 Å². The van der Waals surface area contributed by atoms with E-state index in [9.17, 15) is 4.79 Å². The summed E-state index contributed by atoms with van der Waals surface area (Å²) in [6.07, 6.45) is 8.07. The van der Waals surface area contributed by atoms with Gasteiger partial charge in [0.25, 0.3) is 0 Å². The van der Waals surface area contributed by atoms with E-state index in [0.717, 1.165) is 49.6 Å². The fraction of sp³-hybridized carbons (Fsp3) is 0.682. The Morgan fingerprint density at radius 3 is 2.59 bits per heavy atom. The molecule has 2 amide bonds. The van der Waals surface area contributed by atoms with Crippen molar-refractivity contribution < 1.29 is 9.53 Å². The smallest absolute Gasteiger partial charge is 0.317 e. The molecule has 1 N–H and O–H groups in total. The van der Waals surface area contributed by atoms with Gasteiger partial charge < -0.3 is 19.9 Å². The first-order valence-corrected chi connectivity index (χ1v) is 10.6. The summed E-state index contributed by atoms with van der Waals surface area (Å²) in [5.74, 6) is 0.872. The Morgan fingerprint density at radius 1 is 1.04 bits per heavy atom. The van der Waals surface area contributed by atoms with Crippen molar-refractivity contribution >= 4 is 6.03 Å². The van der Waals surface area contributed by atoms with E-state index >= 15 is 0 Å². The van der Waals surface area contributed by atoms with Gasteiger partial charge in [-0.15, -0.1) is 0 Å². The highest BCUT2D eigenvalue weighted by Gasteiger charge is 2.22. The van der Waals surface area contributed by atoms with E-state index in [0.29, 0.717) is 13.2 Å². The highest BCUT2D eigenvalue weighted by atomic mass is 16.5. The fourth-order valence-electron chi connectivity index (χ4n) is 4.40. The molecule has 0 bridgehead atoms. The van der Waals surface area contributed by atoms with Crippen LogP contribution < -0.4 is 5.32 Å². The van der Waals surface area contributed by atoms with Gasteiger partial charge in [-0.25, -0.2) is 4.79 Å². The molecule has 3 rings (SSSR count). The van der Waals surface area contributed by atoms with Crippen molar-refractivity contribution in [1.82, 2.24) is 15.1 Å². The minimum absolute atomic E-state index is 0.0572. The van der Waals surface area contributed by atoms with Crippen LogP contribution in [0.4, 0.5) is 4.79 Å². The number of carbonyl (C=O) groups is 1. The van der Waals surface area contributed by atoms with Crippen molar-refractivity contribution in [3.05, 3.63) is 35.4 Å². The van der Waals surface area contributed by atoms with Crippen LogP contribution in [0.25, 0.3) is 0 Å². The zero-order valence-electron chi connectivity index (χ0n) is 16.8. The lowest BCUT2D eigenvalue weighted by atomic mass is 9.89. The maximum Gasteiger partial charge on any atom is 0.317 e. The third-order valence-corrected chi connectivity index (χ3v) is 5.97. The van der Waals surface area contributed by atoms with Gasteiger partial charge in [0.05, 0.1) is 6.61 Å².